The monoisotopic (exact) mass is 394 g/mol. The second-order valence-electron chi connectivity index (χ2n) is 7.24. The first-order valence-electron chi connectivity index (χ1n) is 9.53. The smallest absolute Gasteiger partial charge is 0.244 e. The van der Waals surface area contributed by atoms with Crippen molar-refractivity contribution in [3.63, 3.8) is 0 Å². The lowest BCUT2D eigenvalue weighted by Crippen LogP contribution is -2.36. The van der Waals surface area contributed by atoms with Crippen LogP contribution in [0.15, 0.2) is 66.3 Å². The van der Waals surface area contributed by atoms with Crippen molar-refractivity contribution in [2.45, 2.75) is 19.0 Å². The van der Waals surface area contributed by atoms with Gasteiger partial charge in [-0.15, -0.1) is 0 Å². The van der Waals surface area contributed by atoms with Crippen LogP contribution in [0, 0.1) is 0 Å². The summed E-state index contributed by atoms with van der Waals surface area (Å²) in [6.07, 6.45) is 6.39. The van der Waals surface area contributed by atoms with E-state index in [4.69, 9.17) is 16.3 Å². The highest BCUT2D eigenvalue weighted by atomic mass is 35.5. The van der Waals surface area contributed by atoms with Crippen molar-refractivity contribution in [2.75, 3.05) is 19.7 Å². The lowest BCUT2D eigenvalue weighted by molar-refractivity contribution is -0.117. The zero-order valence-corrected chi connectivity index (χ0v) is 16.4. The summed E-state index contributed by atoms with van der Waals surface area (Å²) in [6, 6.07) is 16.2. The molecule has 0 aliphatic carbocycles. The molecule has 2 aliphatic heterocycles. The third-order valence-corrected chi connectivity index (χ3v) is 5.26. The number of nitrogens with zero attached hydrogens (tertiary/aromatic N) is 1. The second-order valence-corrected chi connectivity index (χ2v) is 7.67. The maximum Gasteiger partial charge on any atom is 0.244 e. The minimum Gasteiger partial charge on any atom is -0.488 e. The fourth-order valence-electron chi connectivity index (χ4n) is 3.63. The maximum atomic E-state index is 12.3. The Morgan fingerprint density at radius 2 is 2.11 bits per heavy atom. The standard InChI is InChI=1S/C23H23ClN2O2/c24-20-7-8-22-19(13-20)12-18(16-28-22)6-9-23(27)25-21-10-11-26(15-21)14-17-4-2-1-3-5-17/h1-9,12-13,21H,10-11,14-16H2,(H,25,27)/b9-6+/t21-/m0/s1. The van der Waals surface area contributed by atoms with Crippen molar-refractivity contribution >= 4 is 23.6 Å². The van der Waals surface area contributed by atoms with Crippen molar-refractivity contribution in [1.29, 1.82) is 0 Å². The predicted octanol–water partition coefficient (Wildman–Crippen LogP) is 4.06. The molecule has 2 heterocycles. The molecule has 1 amide bonds. The van der Waals surface area contributed by atoms with E-state index >= 15 is 0 Å². The molecule has 0 saturated carbocycles. The molecule has 0 unspecified atom stereocenters. The fourth-order valence-corrected chi connectivity index (χ4v) is 3.81. The average molecular weight is 395 g/mol. The summed E-state index contributed by atoms with van der Waals surface area (Å²) in [7, 11) is 0. The van der Waals surface area contributed by atoms with E-state index in [9.17, 15) is 4.79 Å². The van der Waals surface area contributed by atoms with Crippen LogP contribution >= 0.6 is 11.6 Å². The zero-order valence-electron chi connectivity index (χ0n) is 15.6. The molecule has 0 bridgehead atoms. The van der Waals surface area contributed by atoms with E-state index in [0.29, 0.717) is 11.6 Å². The van der Waals surface area contributed by atoms with E-state index in [0.717, 1.165) is 42.9 Å². The lowest BCUT2D eigenvalue weighted by atomic mass is 10.1. The molecular weight excluding hydrogens is 372 g/mol. The molecule has 1 N–H and O–H groups in total. The topological polar surface area (TPSA) is 41.6 Å². The normalized spacial score (nSPS) is 19.2. The molecule has 0 spiro atoms. The Morgan fingerprint density at radius 3 is 2.96 bits per heavy atom. The summed E-state index contributed by atoms with van der Waals surface area (Å²) in [6.45, 7) is 3.26. The Morgan fingerprint density at radius 1 is 1.25 bits per heavy atom. The molecule has 5 heteroatoms. The van der Waals surface area contributed by atoms with Crippen molar-refractivity contribution in [1.82, 2.24) is 10.2 Å². The van der Waals surface area contributed by atoms with E-state index < -0.39 is 0 Å². The number of amides is 1. The number of carbonyl (C=O) groups excluding carboxylic acids is 1. The number of ether oxygens (including phenoxy) is 1. The van der Waals surface area contributed by atoms with Gasteiger partial charge in [-0.05, 0) is 41.8 Å². The average Bonchev–Trinajstić information content (AvgIpc) is 3.13. The van der Waals surface area contributed by atoms with E-state index in [1.807, 2.05) is 36.4 Å². The second kappa shape index (κ2) is 8.63. The van der Waals surface area contributed by atoms with Gasteiger partial charge in [-0.25, -0.2) is 0 Å². The molecule has 0 aromatic heterocycles. The highest BCUT2D eigenvalue weighted by Gasteiger charge is 2.23. The number of hydrogen-bond acceptors (Lipinski definition) is 3. The quantitative estimate of drug-likeness (QED) is 0.777. The molecule has 144 valence electrons. The van der Waals surface area contributed by atoms with Crippen LogP contribution in [0.5, 0.6) is 5.75 Å². The highest BCUT2D eigenvalue weighted by molar-refractivity contribution is 6.30. The minimum absolute atomic E-state index is 0.0654. The Kier molecular flexibility index (Phi) is 5.79. The van der Waals surface area contributed by atoms with Crippen LogP contribution in [0.3, 0.4) is 0 Å². The van der Waals surface area contributed by atoms with Gasteiger partial charge in [0.2, 0.25) is 5.91 Å². The summed E-state index contributed by atoms with van der Waals surface area (Å²) >= 11 is 6.04. The Balaban J connectivity index is 1.29. The number of likely N-dealkylation sites (tertiary alicyclic amines) is 1. The van der Waals surface area contributed by atoms with E-state index in [2.05, 4.69) is 34.5 Å². The van der Waals surface area contributed by atoms with Crippen molar-refractivity contribution in [3.8, 4) is 5.75 Å². The first-order chi connectivity index (χ1) is 13.7. The molecule has 1 atom stereocenters. The summed E-state index contributed by atoms with van der Waals surface area (Å²) < 4.78 is 5.71. The first-order valence-corrected chi connectivity index (χ1v) is 9.91. The molecule has 2 aromatic carbocycles. The maximum absolute atomic E-state index is 12.3. The van der Waals surface area contributed by atoms with Crippen molar-refractivity contribution in [2.24, 2.45) is 0 Å². The highest BCUT2D eigenvalue weighted by Crippen LogP contribution is 2.29. The first kappa shape index (κ1) is 18.8. The Hall–Kier alpha value is -2.56. The Bertz CT molecular complexity index is 908. The number of fused-ring (bicyclic) bond motifs is 1. The van der Waals surface area contributed by atoms with E-state index in [1.165, 1.54) is 5.56 Å². The number of halogens is 1. The molecule has 0 radical (unpaired) electrons. The predicted molar refractivity (Wildman–Crippen MR) is 112 cm³/mol. The van der Waals surface area contributed by atoms with Gasteiger partial charge in [0, 0.05) is 42.3 Å². The third kappa shape index (κ3) is 4.83. The van der Waals surface area contributed by atoms with Gasteiger partial charge in [-0.3, -0.25) is 9.69 Å². The summed E-state index contributed by atoms with van der Waals surface area (Å²) in [5, 5.41) is 3.78. The van der Waals surface area contributed by atoms with Crippen LogP contribution in [0.4, 0.5) is 0 Å². The number of hydrogen-bond donors (Lipinski definition) is 1. The van der Waals surface area contributed by atoms with Crippen LogP contribution < -0.4 is 10.1 Å². The molecule has 4 rings (SSSR count). The molecule has 1 saturated heterocycles. The van der Waals surface area contributed by atoms with E-state index in [1.54, 1.807) is 6.08 Å². The van der Waals surface area contributed by atoms with Gasteiger partial charge in [0.25, 0.3) is 0 Å². The Labute approximate surface area is 170 Å². The largest absolute Gasteiger partial charge is 0.488 e. The van der Waals surface area contributed by atoms with Crippen LogP contribution in [-0.2, 0) is 11.3 Å². The molecular formula is C23H23ClN2O2. The summed E-state index contributed by atoms with van der Waals surface area (Å²) in [4.78, 5) is 14.7. The number of rotatable bonds is 5. The van der Waals surface area contributed by atoms with Gasteiger partial charge in [0.1, 0.15) is 12.4 Å². The SMILES string of the molecule is O=C(/C=C/C1=Cc2cc(Cl)ccc2OC1)N[C@H]1CCN(Cc2ccccc2)C1. The van der Waals surface area contributed by atoms with Crippen LogP contribution in [0.2, 0.25) is 5.02 Å². The van der Waals surface area contributed by atoms with Crippen LogP contribution in [0.25, 0.3) is 6.08 Å². The zero-order chi connectivity index (χ0) is 19.3. The van der Waals surface area contributed by atoms with Crippen molar-refractivity contribution < 1.29 is 9.53 Å². The molecule has 28 heavy (non-hydrogen) atoms. The van der Waals surface area contributed by atoms with Gasteiger partial charge in [0.05, 0.1) is 0 Å². The fraction of sp³-hybridized carbons (Fsp3) is 0.261. The summed E-state index contributed by atoms with van der Waals surface area (Å²) in [5.41, 5.74) is 3.19. The van der Waals surface area contributed by atoms with E-state index in [-0.39, 0.29) is 11.9 Å². The third-order valence-electron chi connectivity index (χ3n) is 5.02. The van der Waals surface area contributed by atoms with Gasteiger partial charge < -0.3 is 10.1 Å². The molecule has 4 nitrogen and oxygen atoms in total. The van der Waals surface area contributed by atoms with Crippen LogP contribution in [0.1, 0.15) is 17.5 Å². The minimum atomic E-state index is -0.0654. The number of carbonyl (C=O) groups is 1. The van der Waals surface area contributed by atoms with Crippen LogP contribution in [-0.4, -0.2) is 36.5 Å². The molecule has 1 fully saturated rings. The molecule has 2 aliphatic rings. The lowest BCUT2D eigenvalue weighted by Gasteiger charge is -2.17. The summed E-state index contributed by atoms with van der Waals surface area (Å²) in [5.74, 6) is 0.750. The van der Waals surface area contributed by atoms with Crippen molar-refractivity contribution in [3.05, 3.63) is 82.4 Å². The molecule has 2 aromatic rings. The van der Waals surface area contributed by atoms with Gasteiger partial charge >= 0.3 is 0 Å². The number of benzene rings is 2. The number of nitrogens with one attached hydrogen (secondary N) is 1. The van der Waals surface area contributed by atoms with Gasteiger partial charge in [-0.1, -0.05) is 48.0 Å². The van der Waals surface area contributed by atoms with Gasteiger partial charge in [-0.2, -0.15) is 0 Å². The van der Waals surface area contributed by atoms with Gasteiger partial charge in [0.15, 0.2) is 0 Å².